The van der Waals surface area contributed by atoms with Gasteiger partial charge in [-0.1, -0.05) is 6.07 Å². The maximum absolute atomic E-state index is 12.2. The molecule has 0 atom stereocenters. The van der Waals surface area contributed by atoms with E-state index in [-0.39, 0.29) is 5.91 Å². The molecule has 0 aliphatic rings. The second-order valence-electron chi connectivity index (χ2n) is 4.84. The summed E-state index contributed by atoms with van der Waals surface area (Å²) in [5, 5.41) is 2.83. The zero-order valence-corrected chi connectivity index (χ0v) is 12.1. The number of fused-ring (bicyclic) bond motifs is 1. The van der Waals surface area contributed by atoms with Crippen molar-refractivity contribution < 1.29 is 9.21 Å². The number of hydrogen-bond acceptors (Lipinski definition) is 4. The number of nitrogens with one attached hydrogen (secondary N) is 1. The maximum Gasteiger partial charge on any atom is 0.419 e. The first kappa shape index (κ1) is 14.1. The molecule has 0 saturated carbocycles. The van der Waals surface area contributed by atoms with E-state index in [1.165, 1.54) is 4.57 Å². The van der Waals surface area contributed by atoms with Crippen molar-refractivity contribution in [3.8, 4) is 0 Å². The molecule has 1 amide bonds. The first-order chi connectivity index (χ1) is 10.7. The van der Waals surface area contributed by atoms with E-state index in [1.54, 1.807) is 30.6 Å². The highest BCUT2D eigenvalue weighted by molar-refractivity contribution is 5.97. The van der Waals surface area contributed by atoms with Gasteiger partial charge in [0.25, 0.3) is 5.91 Å². The lowest BCUT2D eigenvalue weighted by molar-refractivity contribution is 0.0951. The van der Waals surface area contributed by atoms with E-state index in [0.29, 0.717) is 29.8 Å². The first-order valence-electron chi connectivity index (χ1n) is 6.99. The van der Waals surface area contributed by atoms with Crippen LogP contribution in [0.4, 0.5) is 0 Å². The van der Waals surface area contributed by atoms with Gasteiger partial charge in [0.1, 0.15) is 0 Å². The fourth-order valence-electron chi connectivity index (χ4n) is 2.29. The van der Waals surface area contributed by atoms with Crippen LogP contribution < -0.4 is 11.1 Å². The minimum Gasteiger partial charge on any atom is -0.408 e. The van der Waals surface area contributed by atoms with Gasteiger partial charge in [-0.2, -0.15) is 0 Å². The quantitative estimate of drug-likeness (QED) is 0.798. The molecule has 0 radical (unpaired) electrons. The van der Waals surface area contributed by atoms with Gasteiger partial charge in [-0.05, 0) is 36.8 Å². The summed E-state index contributed by atoms with van der Waals surface area (Å²) in [6.45, 7) is 2.74. The Hall–Kier alpha value is -2.89. The van der Waals surface area contributed by atoms with E-state index < -0.39 is 5.76 Å². The summed E-state index contributed by atoms with van der Waals surface area (Å²) in [6.07, 6.45) is 3.39. The molecule has 0 unspecified atom stereocenters. The number of rotatable bonds is 4. The number of oxazole rings is 1. The minimum atomic E-state index is -0.412. The van der Waals surface area contributed by atoms with Crippen LogP contribution in [0.5, 0.6) is 0 Å². The van der Waals surface area contributed by atoms with Crippen LogP contribution in [0, 0.1) is 0 Å². The first-order valence-corrected chi connectivity index (χ1v) is 6.99. The van der Waals surface area contributed by atoms with Gasteiger partial charge in [0, 0.05) is 31.0 Å². The summed E-state index contributed by atoms with van der Waals surface area (Å²) in [5.74, 6) is -0.618. The SMILES string of the molecule is CCn1c(=O)oc2ccc(C(=O)NCc3cccnc3)cc21. The van der Waals surface area contributed by atoms with Gasteiger partial charge < -0.3 is 9.73 Å². The Balaban J connectivity index is 1.83. The number of carbonyl (C=O) groups is 1. The van der Waals surface area contributed by atoms with Crippen molar-refractivity contribution in [2.75, 3.05) is 0 Å². The van der Waals surface area contributed by atoms with Crippen molar-refractivity contribution in [3.05, 3.63) is 64.4 Å². The van der Waals surface area contributed by atoms with Gasteiger partial charge >= 0.3 is 5.76 Å². The highest BCUT2D eigenvalue weighted by Crippen LogP contribution is 2.15. The van der Waals surface area contributed by atoms with Crippen molar-refractivity contribution in [3.63, 3.8) is 0 Å². The van der Waals surface area contributed by atoms with Gasteiger partial charge in [0.05, 0.1) is 5.52 Å². The van der Waals surface area contributed by atoms with Crippen LogP contribution in [-0.4, -0.2) is 15.5 Å². The second-order valence-corrected chi connectivity index (χ2v) is 4.84. The molecule has 112 valence electrons. The number of aryl methyl sites for hydroxylation is 1. The van der Waals surface area contributed by atoms with Crippen LogP contribution in [0.15, 0.2) is 51.9 Å². The largest absolute Gasteiger partial charge is 0.419 e. The average molecular weight is 297 g/mol. The minimum absolute atomic E-state index is 0.206. The predicted molar refractivity (Wildman–Crippen MR) is 81.6 cm³/mol. The van der Waals surface area contributed by atoms with Gasteiger partial charge in [0.2, 0.25) is 0 Å². The van der Waals surface area contributed by atoms with Gasteiger partial charge in [-0.15, -0.1) is 0 Å². The third-order valence-corrected chi connectivity index (χ3v) is 3.42. The van der Waals surface area contributed by atoms with E-state index in [1.807, 2.05) is 19.1 Å². The summed E-state index contributed by atoms with van der Waals surface area (Å²) >= 11 is 0. The fraction of sp³-hybridized carbons (Fsp3) is 0.188. The Kier molecular flexibility index (Phi) is 3.74. The summed E-state index contributed by atoms with van der Waals surface area (Å²) in [6, 6.07) is 8.66. The molecule has 6 heteroatoms. The molecule has 3 aromatic rings. The molecule has 22 heavy (non-hydrogen) atoms. The second kappa shape index (κ2) is 5.85. The Morgan fingerprint density at radius 2 is 2.23 bits per heavy atom. The molecule has 2 aromatic heterocycles. The number of pyridine rings is 1. The van der Waals surface area contributed by atoms with Crippen molar-refractivity contribution >= 4 is 17.0 Å². The molecule has 0 aliphatic carbocycles. The third kappa shape index (κ3) is 2.63. The van der Waals surface area contributed by atoms with E-state index in [2.05, 4.69) is 10.3 Å². The van der Waals surface area contributed by atoms with Crippen LogP contribution in [0.3, 0.4) is 0 Å². The Morgan fingerprint density at radius 1 is 1.36 bits per heavy atom. The third-order valence-electron chi connectivity index (χ3n) is 3.42. The molecule has 0 aliphatic heterocycles. The summed E-state index contributed by atoms with van der Waals surface area (Å²) < 4.78 is 6.61. The van der Waals surface area contributed by atoms with Crippen LogP contribution in [-0.2, 0) is 13.1 Å². The molecule has 1 aromatic carbocycles. The summed E-state index contributed by atoms with van der Waals surface area (Å²) in [5.41, 5.74) is 2.52. The van der Waals surface area contributed by atoms with Gasteiger partial charge in [0.15, 0.2) is 5.58 Å². The number of benzene rings is 1. The molecule has 3 rings (SSSR count). The molecule has 6 nitrogen and oxygen atoms in total. The molecule has 0 fully saturated rings. The van der Waals surface area contributed by atoms with E-state index in [0.717, 1.165) is 5.56 Å². The topological polar surface area (TPSA) is 77.1 Å². The molecule has 1 N–H and O–H groups in total. The zero-order valence-electron chi connectivity index (χ0n) is 12.1. The average Bonchev–Trinajstić information content (AvgIpc) is 2.87. The molecule has 0 spiro atoms. The van der Waals surface area contributed by atoms with Gasteiger partial charge in [-0.3, -0.25) is 14.3 Å². The predicted octanol–water partition coefficient (Wildman–Crippen LogP) is 1.94. The zero-order chi connectivity index (χ0) is 15.5. The summed E-state index contributed by atoms with van der Waals surface area (Å²) in [7, 11) is 0. The van der Waals surface area contributed by atoms with Crippen molar-refractivity contribution in [1.82, 2.24) is 14.9 Å². The highest BCUT2D eigenvalue weighted by Gasteiger charge is 2.12. The van der Waals surface area contributed by atoms with Crippen LogP contribution >= 0.6 is 0 Å². The van der Waals surface area contributed by atoms with Crippen molar-refractivity contribution in [2.24, 2.45) is 0 Å². The van der Waals surface area contributed by atoms with Gasteiger partial charge in [-0.25, -0.2) is 4.79 Å². The number of nitrogens with zero attached hydrogens (tertiary/aromatic N) is 2. The Labute approximate surface area is 126 Å². The molecular formula is C16H15N3O3. The molecule has 2 heterocycles. The number of carbonyl (C=O) groups excluding carboxylic acids is 1. The highest BCUT2D eigenvalue weighted by atomic mass is 16.4. The fourth-order valence-corrected chi connectivity index (χ4v) is 2.29. The smallest absolute Gasteiger partial charge is 0.408 e. The maximum atomic E-state index is 12.2. The summed E-state index contributed by atoms with van der Waals surface area (Å²) in [4.78, 5) is 27.9. The molecular weight excluding hydrogens is 282 g/mol. The Morgan fingerprint density at radius 3 is 2.95 bits per heavy atom. The van der Waals surface area contributed by atoms with Crippen LogP contribution in [0.25, 0.3) is 11.1 Å². The Bertz CT molecular complexity index is 865. The van der Waals surface area contributed by atoms with E-state index in [4.69, 9.17) is 4.42 Å². The van der Waals surface area contributed by atoms with E-state index in [9.17, 15) is 9.59 Å². The van der Waals surface area contributed by atoms with Crippen molar-refractivity contribution in [1.29, 1.82) is 0 Å². The van der Waals surface area contributed by atoms with Crippen LogP contribution in [0.2, 0.25) is 0 Å². The normalized spacial score (nSPS) is 10.8. The lowest BCUT2D eigenvalue weighted by Crippen LogP contribution is -2.22. The number of hydrogen-bond donors (Lipinski definition) is 1. The molecule has 0 saturated heterocycles. The van der Waals surface area contributed by atoms with E-state index >= 15 is 0 Å². The van der Waals surface area contributed by atoms with Crippen molar-refractivity contribution in [2.45, 2.75) is 20.0 Å². The monoisotopic (exact) mass is 297 g/mol. The number of aromatic nitrogens is 2. The molecule has 0 bridgehead atoms. The standard InChI is InChI=1S/C16H15N3O3/c1-2-19-13-8-12(5-6-14(13)22-16(19)21)15(20)18-10-11-4-3-7-17-9-11/h3-9H,2,10H2,1H3,(H,18,20). The van der Waals surface area contributed by atoms with Crippen LogP contribution in [0.1, 0.15) is 22.8 Å². The number of amides is 1. The lowest BCUT2D eigenvalue weighted by Gasteiger charge is -2.05. The lowest BCUT2D eigenvalue weighted by atomic mass is 10.2.